The Kier molecular flexibility index (Phi) is 7.22. The fourth-order valence-corrected chi connectivity index (χ4v) is 2.22. The molecule has 2 rings (SSSR count). The molecule has 0 radical (unpaired) electrons. The molecule has 1 aromatic carbocycles. The van der Waals surface area contributed by atoms with Gasteiger partial charge in [-0.25, -0.2) is 0 Å². The number of rotatable bonds is 8. The smallest absolute Gasteiger partial charge is 0.258 e. The largest absolute Gasteiger partial charge is 0.484 e. The average Bonchev–Trinajstić information content (AvgIpc) is 2.61. The molecule has 25 heavy (non-hydrogen) atoms. The van der Waals surface area contributed by atoms with Gasteiger partial charge in [0, 0.05) is 31.2 Å². The van der Waals surface area contributed by atoms with Crippen LogP contribution < -0.4 is 10.1 Å². The third-order valence-electron chi connectivity index (χ3n) is 3.41. The van der Waals surface area contributed by atoms with Gasteiger partial charge in [-0.15, -0.1) is 0 Å². The summed E-state index contributed by atoms with van der Waals surface area (Å²) in [6.45, 7) is 2.55. The zero-order chi connectivity index (χ0) is 18.1. The molecule has 0 unspecified atom stereocenters. The van der Waals surface area contributed by atoms with Gasteiger partial charge >= 0.3 is 0 Å². The molecular formula is C18H20ClN3O3. The van der Waals surface area contributed by atoms with Crippen molar-refractivity contribution in [2.75, 3.05) is 19.7 Å². The van der Waals surface area contributed by atoms with Crippen molar-refractivity contribution in [3.05, 3.63) is 59.4 Å². The van der Waals surface area contributed by atoms with Crippen molar-refractivity contribution in [2.45, 2.75) is 13.5 Å². The number of ether oxygens (including phenoxy) is 1. The van der Waals surface area contributed by atoms with Crippen LogP contribution in [-0.4, -0.2) is 41.4 Å². The Morgan fingerprint density at radius 2 is 1.96 bits per heavy atom. The number of pyridine rings is 1. The van der Waals surface area contributed by atoms with E-state index >= 15 is 0 Å². The summed E-state index contributed by atoms with van der Waals surface area (Å²) < 4.78 is 5.36. The molecule has 1 aromatic heterocycles. The van der Waals surface area contributed by atoms with Crippen LogP contribution in [0.2, 0.25) is 5.02 Å². The zero-order valence-electron chi connectivity index (χ0n) is 13.9. The lowest BCUT2D eigenvalue weighted by Gasteiger charge is -2.20. The summed E-state index contributed by atoms with van der Waals surface area (Å²) in [5.74, 6) is 0.244. The van der Waals surface area contributed by atoms with Gasteiger partial charge in [0.1, 0.15) is 5.75 Å². The lowest BCUT2D eigenvalue weighted by atomic mass is 10.3. The van der Waals surface area contributed by atoms with E-state index in [4.69, 9.17) is 16.3 Å². The maximum atomic E-state index is 11.8. The van der Waals surface area contributed by atoms with Gasteiger partial charge in [-0.1, -0.05) is 17.7 Å². The maximum Gasteiger partial charge on any atom is 0.258 e. The molecule has 0 aliphatic heterocycles. The minimum atomic E-state index is -0.253. The normalized spacial score (nSPS) is 10.2. The Hall–Kier alpha value is -2.60. The Labute approximate surface area is 151 Å². The van der Waals surface area contributed by atoms with E-state index in [0.29, 0.717) is 30.4 Å². The van der Waals surface area contributed by atoms with Gasteiger partial charge in [-0.05, 0) is 36.4 Å². The first kappa shape index (κ1) is 18.7. The fourth-order valence-electron chi connectivity index (χ4n) is 2.10. The van der Waals surface area contributed by atoms with Crippen molar-refractivity contribution in [2.24, 2.45) is 0 Å². The molecule has 0 spiro atoms. The van der Waals surface area contributed by atoms with Crippen molar-refractivity contribution >= 4 is 23.4 Å². The van der Waals surface area contributed by atoms with Crippen molar-refractivity contribution in [3.63, 3.8) is 0 Å². The van der Waals surface area contributed by atoms with Gasteiger partial charge in [0.05, 0.1) is 12.2 Å². The van der Waals surface area contributed by atoms with Crippen molar-refractivity contribution in [1.29, 1.82) is 0 Å². The average molecular weight is 362 g/mol. The first-order valence-corrected chi connectivity index (χ1v) is 8.23. The van der Waals surface area contributed by atoms with Gasteiger partial charge in [0.2, 0.25) is 5.91 Å². The van der Waals surface area contributed by atoms with Crippen LogP contribution in [0.25, 0.3) is 0 Å². The summed E-state index contributed by atoms with van der Waals surface area (Å²) in [6.07, 6.45) is 1.68. The second-order valence-corrected chi connectivity index (χ2v) is 5.79. The molecule has 0 aliphatic rings. The van der Waals surface area contributed by atoms with Crippen molar-refractivity contribution < 1.29 is 14.3 Å². The molecular weight excluding hydrogens is 342 g/mol. The third kappa shape index (κ3) is 6.81. The minimum absolute atomic E-state index is 0.0719. The molecule has 2 amide bonds. The van der Waals surface area contributed by atoms with E-state index in [2.05, 4.69) is 10.3 Å². The second-order valence-electron chi connectivity index (χ2n) is 5.35. The zero-order valence-corrected chi connectivity index (χ0v) is 14.7. The number of hydrogen-bond acceptors (Lipinski definition) is 4. The van der Waals surface area contributed by atoms with E-state index in [9.17, 15) is 9.59 Å². The SMILES string of the molecule is CC(=O)N(CCNC(=O)COc1ccc(Cl)cc1)Cc1ccccn1. The molecule has 0 saturated carbocycles. The molecule has 2 aromatic rings. The highest BCUT2D eigenvalue weighted by atomic mass is 35.5. The van der Waals surface area contributed by atoms with Crippen molar-refractivity contribution in [3.8, 4) is 5.75 Å². The summed E-state index contributed by atoms with van der Waals surface area (Å²) in [5, 5.41) is 3.34. The fraction of sp³-hybridized carbons (Fsp3) is 0.278. The lowest BCUT2D eigenvalue weighted by molar-refractivity contribution is -0.130. The number of benzene rings is 1. The highest BCUT2D eigenvalue weighted by molar-refractivity contribution is 6.30. The van der Waals surface area contributed by atoms with E-state index in [1.165, 1.54) is 6.92 Å². The van der Waals surface area contributed by atoms with Gasteiger partial charge in [-0.2, -0.15) is 0 Å². The van der Waals surface area contributed by atoms with Crippen LogP contribution in [0.3, 0.4) is 0 Å². The number of hydrogen-bond donors (Lipinski definition) is 1. The second kappa shape index (κ2) is 9.64. The van der Waals surface area contributed by atoms with Crippen LogP contribution in [0.1, 0.15) is 12.6 Å². The molecule has 0 saturated heterocycles. The monoisotopic (exact) mass is 361 g/mol. The van der Waals surface area contributed by atoms with E-state index in [1.807, 2.05) is 18.2 Å². The van der Waals surface area contributed by atoms with Crippen molar-refractivity contribution in [1.82, 2.24) is 15.2 Å². The van der Waals surface area contributed by atoms with Crippen LogP contribution in [0.5, 0.6) is 5.75 Å². The van der Waals surface area contributed by atoms with Crippen LogP contribution >= 0.6 is 11.6 Å². The quantitative estimate of drug-likeness (QED) is 0.783. The number of amides is 2. The third-order valence-corrected chi connectivity index (χ3v) is 3.66. The molecule has 0 fully saturated rings. The van der Waals surface area contributed by atoms with Crippen LogP contribution in [0.15, 0.2) is 48.7 Å². The Balaban J connectivity index is 1.72. The van der Waals surface area contributed by atoms with Crippen LogP contribution in [0.4, 0.5) is 0 Å². The number of aromatic nitrogens is 1. The Morgan fingerprint density at radius 3 is 2.60 bits per heavy atom. The number of halogens is 1. The first-order valence-electron chi connectivity index (χ1n) is 7.85. The van der Waals surface area contributed by atoms with E-state index in [1.54, 1.807) is 35.4 Å². The number of carbonyl (C=O) groups excluding carboxylic acids is 2. The highest BCUT2D eigenvalue weighted by Gasteiger charge is 2.11. The van der Waals surface area contributed by atoms with E-state index in [-0.39, 0.29) is 18.4 Å². The first-order chi connectivity index (χ1) is 12.0. The molecule has 1 N–H and O–H groups in total. The number of nitrogens with zero attached hydrogens (tertiary/aromatic N) is 2. The Morgan fingerprint density at radius 1 is 1.20 bits per heavy atom. The molecule has 6 nitrogen and oxygen atoms in total. The molecule has 7 heteroatoms. The summed E-state index contributed by atoms with van der Waals surface area (Å²) in [7, 11) is 0. The molecule has 1 heterocycles. The predicted molar refractivity (Wildman–Crippen MR) is 95.3 cm³/mol. The molecule has 0 aliphatic carbocycles. The topological polar surface area (TPSA) is 71.5 Å². The number of nitrogens with one attached hydrogen (secondary N) is 1. The Bertz CT molecular complexity index is 692. The maximum absolute atomic E-state index is 11.8. The van der Waals surface area contributed by atoms with Gasteiger partial charge in [0.15, 0.2) is 6.61 Å². The lowest BCUT2D eigenvalue weighted by Crippen LogP contribution is -2.38. The minimum Gasteiger partial charge on any atom is -0.484 e. The summed E-state index contributed by atoms with van der Waals surface area (Å²) in [6, 6.07) is 12.3. The van der Waals surface area contributed by atoms with Crippen LogP contribution in [-0.2, 0) is 16.1 Å². The summed E-state index contributed by atoms with van der Waals surface area (Å²) in [4.78, 5) is 29.4. The van der Waals surface area contributed by atoms with Gasteiger partial charge in [-0.3, -0.25) is 14.6 Å². The van der Waals surface area contributed by atoms with E-state index < -0.39 is 0 Å². The molecule has 0 bridgehead atoms. The van der Waals surface area contributed by atoms with Gasteiger partial charge in [0.25, 0.3) is 5.91 Å². The molecule has 132 valence electrons. The van der Waals surface area contributed by atoms with Crippen LogP contribution in [0, 0.1) is 0 Å². The highest BCUT2D eigenvalue weighted by Crippen LogP contribution is 2.15. The summed E-state index contributed by atoms with van der Waals surface area (Å²) >= 11 is 5.78. The standard InChI is InChI=1S/C18H20ClN3O3/c1-14(23)22(12-16-4-2-3-9-20-16)11-10-21-18(24)13-25-17-7-5-15(19)6-8-17/h2-9H,10-13H2,1H3,(H,21,24). The predicted octanol–water partition coefficient (Wildman–Crippen LogP) is 2.28. The van der Waals surface area contributed by atoms with E-state index in [0.717, 1.165) is 5.69 Å². The summed E-state index contributed by atoms with van der Waals surface area (Å²) in [5.41, 5.74) is 0.801. The number of carbonyl (C=O) groups is 2. The molecule has 0 atom stereocenters. The van der Waals surface area contributed by atoms with Gasteiger partial charge < -0.3 is 15.0 Å².